The molecule has 2 rings (SSSR count). The van der Waals surface area contributed by atoms with Crippen LogP contribution in [0.4, 0.5) is 0 Å². The van der Waals surface area contributed by atoms with Crippen LogP contribution in [0, 0.1) is 12.8 Å². The first-order valence-electron chi connectivity index (χ1n) is 8.19. The van der Waals surface area contributed by atoms with Crippen molar-refractivity contribution in [3.63, 3.8) is 0 Å². The normalized spacial score (nSPS) is 12.5. The summed E-state index contributed by atoms with van der Waals surface area (Å²) < 4.78 is 6.16. The number of hydrogen-bond acceptors (Lipinski definition) is 6. The summed E-state index contributed by atoms with van der Waals surface area (Å²) in [7, 11) is 0. The predicted octanol–water partition coefficient (Wildman–Crippen LogP) is 3.48. The summed E-state index contributed by atoms with van der Waals surface area (Å²) in [5, 5.41) is 0. The van der Waals surface area contributed by atoms with Gasteiger partial charge in [0, 0.05) is 12.6 Å². The van der Waals surface area contributed by atoms with Gasteiger partial charge in [-0.1, -0.05) is 13.8 Å². The first kappa shape index (κ1) is 18.5. The Hall–Kier alpha value is -1.79. The second kappa shape index (κ2) is 8.35. The van der Waals surface area contributed by atoms with E-state index in [2.05, 4.69) is 18.8 Å². The maximum absolute atomic E-state index is 12.3. The molecule has 5 nitrogen and oxygen atoms in total. The summed E-state index contributed by atoms with van der Waals surface area (Å²) in [4.78, 5) is 29.1. The molecule has 0 aliphatic heterocycles. The van der Waals surface area contributed by atoms with Crippen molar-refractivity contribution >= 4 is 33.3 Å². The number of thiophene rings is 1. The Labute approximate surface area is 146 Å². The van der Waals surface area contributed by atoms with Crippen LogP contribution in [0.25, 0.3) is 10.2 Å². The minimum atomic E-state index is -0.754. The van der Waals surface area contributed by atoms with Gasteiger partial charge in [-0.3, -0.25) is 14.6 Å². The SMILES string of the molecule is Cc1ccnc2cc(C(=O)CC[C@@H](N)C(=O)OCCC(C)C)sc12. The van der Waals surface area contributed by atoms with Gasteiger partial charge in [-0.2, -0.15) is 0 Å². The molecule has 24 heavy (non-hydrogen) atoms. The van der Waals surface area contributed by atoms with E-state index in [1.165, 1.54) is 11.3 Å². The fourth-order valence-corrected chi connectivity index (χ4v) is 3.28. The average Bonchev–Trinajstić information content (AvgIpc) is 2.97. The molecule has 2 aromatic rings. The minimum Gasteiger partial charge on any atom is -0.465 e. The summed E-state index contributed by atoms with van der Waals surface area (Å²) in [6, 6.07) is 2.98. The van der Waals surface area contributed by atoms with Gasteiger partial charge in [-0.15, -0.1) is 11.3 Å². The van der Waals surface area contributed by atoms with Gasteiger partial charge >= 0.3 is 5.97 Å². The fourth-order valence-electron chi connectivity index (χ4n) is 2.23. The lowest BCUT2D eigenvalue weighted by molar-refractivity contribution is -0.145. The van der Waals surface area contributed by atoms with Gasteiger partial charge in [0.15, 0.2) is 5.78 Å². The van der Waals surface area contributed by atoms with Gasteiger partial charge in [-0.25, -0.2) is 0 Å². The zero-order chi connectivity index (χ0) is 17.7. The molecular weight excluding hydrogens is 324 g/mol. The highest BCUT2D eigenvalue weighted by Crippen LogP contribution is 2.27. The van der Waals surface area contributed by atoms with Gasteiger partial charge in [0.1, 0.15) is 6.04 Å². The van der Waals surface area contributed by atoms with Crippen molar-refractivity contribution in [2.45, 2.75) is 46.1 Å². The fraction of sp³-hybridized carbons (Fsp3) is 0.500. The Bertz CT molecular complexity index is 724. The van der Waals surface area contributed by atoms with Crippen LogP contribution in [0.2, 0.25) is 0 Å². The number of pyridine rings is 1. The minimum absolute atomic E-state index is 0.0113. The van der Waals surface area contributed by atoms with Gasteiger partial charge in [0.2, 0.25) is 0 Å². The van der Waals surface area contributed by atoms with Crippen LogP contribution in [-0.2, 0) is 9.53 Å². The molecule has 0 unspecified atom stereocenters. The number of carbonyl (C=O) groups excluding carboxylic acids is 2. The molecule has 0 saturated heterocycles. The molecule has 0 bridgehead atoms. The molecule has 0 saturated carbocycles. The number of ether oxygens (including phenoxy) is 1. The third-order valence-electron chi connectivity index (χ3n) is 3.81. The molecule has 1 atom stereocenters. The van der Waals surface area contributed by atoms with E-state index in [4.69, 9.17) is 10.5 Å². The van der Waals surface area contributed by atoms with Crippen LogP contribution in [0.15, 0.2) is 18.3 Å². The van der Waals surface area contributed by atoms with Gasteiger partial charge in [0.05, 0.1) is 21.7 Å². The maximum Gasteiger partial charge on any atom is 0.322 e. The molecule has 0 amide bonds. The second-order valence-electron chi connectivity index (χ2n) is 6.37. The number of fused-ring (bicyclic) bond motifs is 1. The molecule has 2 heterocycles. The first-order valence-corrected chi connectivity index (χ1v) is 9.00. The molecule has 130 valence electrons. The summed E-state index contributed by atoms with van der Waals surface area (Å²) in [6.45, 7) is 6.50. The Kier molecular flexibility index (Phi) is 6.45. The molecule has 0 aliphatic rings. The highest BCUT2D eigenvalue weighted by atomic mass is 32.1. The summed E-state index contributed by atoms with van der Waals surface area (Å²) in [5.41, 5.74) is 7.76. The Morgan fingerprint density at radius 1 is 1.33 bits per heavy atom. The lowest BCUT2D eigenvalue weighted by Gasteiger charge is -2.11. The van der Waals surface area contributed by atoms with E-state index >= 15 is 0 Å². The van der Waals surface area contributed by atoms with Crippen molar-refractivity contribution in [1.29, 1.82) is 0 Å². The number of carbonyl (C=O) groups is 2. The average molecular weight is 348 g/mol. The Morgan fingerprint density at radius 2 is 2.08 bits per heavy atom. The molecule has 2 aromatic heterocycles. The molecule has 0 radical (unpaired) electrons. The Balaban J connectivity index is 1.87. The lowest BCUT2D eigenvalue weighted by atomic mass is 10.1. The smallest absolute Gasteiger partial charge is 0.322 e. The van der Waals surface area contributed by atoms with E-state index in [9.17, 15) is 9.59 Å². The highest BCUT2D eigenvalue weighted by Gasteiger charge is 2.19. The molecule has 6 heteroatoms. The second-order valence-corrected chi connectivity index (χ2v) is 7.42. The number of ketones is 1. The van der Waals surface area contributed by atoms with Crippen LogP contribution in [0.5, 0.6) is 0 Å². The monoisotopic (exact) mass is 348 g/mol. The van der Waals surface area contributed by atoms with Gasteiger partial charge < -0.3 is 10.5 Å². The van der Waals surface area contributed by atoms with E-state index in [-0.39, 0.29) is 12.2 Å². The van der Waals surface area contributed by atoms with E-state index in [0.29, 0.717) is 23.8 Å². The molecule has 0 aliphatic carbocycles. The number of aromatic nitrogens is 1. The number of Topliss-reactive ketones (excluding diaryl/α,β-unsaturated/α-hetero) is 1. The van der Waals surface area contributed by atoms with Crippen LogP contribution in [0.1, 0.15) is 48.3 Å². The molecule has 2 N–H and O–H groups in total. The van der Waals surface area contributed by atoms with E-state index in [0.717, 1.165) is 22.2 Å². The number of esters is 1. The molecule has 0 fully saturated rings. The van der Waals surface area contributed by atoms with E-state index in [1.807, 2.05) is 19.1 Å². The Morgan fingerprint density at radius 3 is 2.75 bits per heavy atom. The summed E-state index contributed by atoms with van der Waals surface area (Å²) in [5.74, 6) is 0.0285. The lowest BCUT2D eigenvalue weighted by Crippen LogP contribution is -2.33. The zero-order valence-electron chi connectivity index (χ0n) is 14.4. The highest BCUT2D eigenvalue weighted by molar-refractivity contribution is 7.21. The number of aryl methyl sites for hydroxylation is 1. The summed E-state index contributed by atoms with van der Waals surface area (Å²) in [6.07, 6.45) is 3.07. The maximum atomic E-state index is 12.3. The van der Waals surface area contributed by atoms with Crippen LogP contribution in [-0.4, -0.2) is 29.4 Å². The predicted molar refractivity (Wildman–Crippen MR) is 96.3 cm³/mol. The van der Waals surface area contributed by atoms with Crippen molar-refractivity contribution < 1.29 is 14.3 Å². The van der Waals surface area contributed by atoms with Crippen molar-refractivity contribution in [2.75, 3.05) is 6.61 Å². The van der Waals surface area contributed by atoms with Crippen LogP contribution in [0.3, 0.4) is 0 Å². The van der Waals surface area contributed by atoms with Crippen molar-refractivity contribution in [1.82, 2.24) is 4.98 Å². The topological polar surface area (TPSA) is 82.3 Å². The zero-order valence-corrected chi connectivity index (χ0v) is 15.2. The molecular formula is C18H24N2O3S. The van der Waals surface area contributed by atoms with Gasteiger partial charge in [0.25, 0.3) is 0 Å². The van der Waals surface area contributed by atoms with Crippen molar-refractivity contribution in [2.24, 2.45) is 11.7 Å². The van der Waals surface area contributed by atoms with Crippen molar-refractivity contribution in [3.05, 3.63) is 28.8 Å². The quantitative estimate of drug-likeness (QED) is 0.583. The van der Waals surface area contributed by atoms with Gasteiger partial charge in [-0.05, 0) is 43.4 Å². The van der Waals surface area contributed by atoms with E-state index < -0.39 is 12.0 Å². The summed E-state index contributed by atoms with van der Waals surface area (Å²) >= 11 is 1.44. The number of hydrogen-bond donors (Lipinski definition) is 1. The van der Waals surface area contributed by atoms with E-state index in [1.54, 1.807) is 6.20 Å². The van der Waals surface area contributed by atoms with Crippen LogP contribution < -0.4 is 5.73 Å². The largest absolute Gasteiger partial charge is 0.465 e. The molecule has 0 aromatic carbocycles. The number of nitrogens with zero attached hydrogens (tertiary/aromatic N) is 1. The first-order chi connectivity index (χ1) is 11.4. The third kappa shape index (κ3) is 4.85. The third-order valence-corrected chi connectivity index (χ3v) is 5.11. The number of rotatable bonds is 8. The molecule has 0 spiro atoms. The number of nitrogens with two attached hydrogens (primary N) is 1. The van der Waals surface area contributed by atoms with Crippen molar-refractivity contribution in [3.8, 4) is 0 Å². The standard InChI is InChI=1S/C18H24N2O3S/c1-11(2)7-9-23-18(22)13(19)4-5-15(21)16-10-14-17(24-16)12(3)6-8-20-14/h6,8,10-11,13H,4-5,7,9,19H2,1-3H3/t13-/m1/s1. The van der Waals surface area contributed by atoms with Crippen LogP contribution >= 0.6 is 11.3 Å².